The summed E-state index contributed by atoms with van der Waals surface area (Å²) >= 11 is 5.84. The number of amides is 1. The van der Waals surface area contributed by atoms with Crippen LogP contribution in [-0.4, -0.2) is 31.2 Å². The largest absolute Gasteiger partial charge is 0.388 e. The second-order valence-corrected chi connectivity index (χ2v) is 10.00. The number of hydrogen-bond acceptors (Lipinski definition) is 4. The molecule has 0 spiro atoms. The van der Waals surface area contributed by atoms with Crippen LogP contribution in [0.5, 0.6) is 0 Å². The van der Waals surface area contributed by atoms with E-state index in [0.29, 0.717) is 11.1 Å². The first-order valence-electron chi connectivity index (χ1n) is 11.4. The highest BCUT2D eigenvalue weighted by Crippen LogP contribution is 2.44. The molecule has 0 bridgehead atoms. The molecule has 0 aliphatic heterocycles. The molecule has 1 amide bonds. The van der Waals surface area contributed by atoms with Crippen molar-refractivity contribution in [3.8, 4) is 11.4 Å². The van der Waals surface area contributed by atoms with Gasteiger partial charge in [0.15, 0.2) is 5.82 Å². The van der Waals surface area contributed by atoms with Gasteiger partial charge in [-0.05, 0) is 68.5 Å². The summed E-state index contributed by atoms with van der Waals surface area (Å²) in [5, 5.41) is 18.2. The van der Waals surface area contributed by atoms with E-state index in [1.807, 2.05) is 0 Å². The van der Waals surface area contributed by atoms with Crippen LogP contribution in [0.25, 0.3) is 16.9 Å². The molecule has 0 radical (unpaired) electrons. The molecule has 2 heterocycles. The molecule has 0 unspecified atom stereocenters. The number of nitrogens with zero attached hydrogens (tertiary/aromatic N) is 2. The SMILES string of the molecule is CC(C)(O)[C@@H](NC(=O)c1cn2nc(-c3ccc(Cl)cc3F)[nH]c(=O)c2c1C1CC1)c1ccc(F)cc1. The van der Waals surface area contributed by atoms with Gasteiger partial charge in [0, 0.05) is 16.8 Å². The van der Waals surface area contributed by atoms with Crippen molar-refractivity contribution in [3.05, 3.63) is 92.4 Å². The molecule has 1 aliphatic rings. The van der Waals surface area contributed by atoms with Crippen molar-refractivity contribution in [3.63, 3.8) is 0 Å². The molecule has 2 aromatic carbocycles. The number of rotatable bonds is 6. The molecule has 1 atom stereocenters. The molecular weight excluding hydrogens is 490 g/mol. The summed E-state index contributed by atoms with van der Waals surface area (Å²) in [5.41, 5.74) is -0.301. The van der Waals surface area contributed by atoms with Crippen LogP contribution < -0.4 is 10.9 Å². The molecule has 7 nitrogen and oxygen atoms in total. The van der Waals surface area contributed by atoms with Crippen LogP contribution >= 0.6 is 11.6 Å². The lowest BCUT2D eigenvalue weighted by Crippen LogP contribution is -2.42. The lowest BCUT2D eigenvalue weighted by molar-refractivity contribution is 0.0343. The molecule has 1 fully saturated rings. The third-order valence-electron chi connectivity index (χ3n) is 6.28. The van der Waals surface area contributed by atoms with Gasteiger partial charge < -0.3 is 15.4 Å². The Labute approximate surface area is 209 Å². The first kappa shape index (κ1) is 24.1. The van der Waals surface area contributed by atoms with Crippen molar-refractivity contribution in [1.29, 1.82) is 0 Å². The summed E-state index contributed by atoms with van der Waals surface area (Å²) in [6.45, 7) is 3.08. The Morgan fingerprint density at radius 2 is 1.92 bits per heavy atom. The molecule has 0 saturated heterocycles. The highest BCUT2D eigenvalue weighted by Gasteiger charge is 2.36. The number of carbonyl (C=O) groups excluding carboxylic acids is 1. The van der Waals surface area contributed by atoms with Gasteiger partial charge in [0.2, 0.25) is 0 Å². The van der Waals surface area contributed by atoms with Gasteiger partial charge in [-0.2, -0.15) is 0 Å². The van der Waals surface area contributed by atoms with Crippen molar-refractivity contribution in [1.82, 2.24) is 19.9 Å². The Morgan fingerprint density at radius 1 is 1.22 bits per heavy atom. The van der Waals surface area contributed by atoms with Gasteiger partial charge in [0.1, 0.15) is 17.2 Å². The smallest absolute Gasteiger partial charge is 0.275 e. The Hall–Kier alpha value is -3.56. The zero-order valence-corrected chi connectivity index (χ0v) is 20.2. The Balaban J connectivity index is 1.59. The van der Waals surface area contributed by atoms with Crippen LogP contribution in [0.2, 0.25) is 5.02 Å². The Kier molecular flexibility index (Phi) is 5.92. The Morgan fingerprint density at radius 3 is 2.53 bits per heavy atom. The fraction of sp³-hybridized carbons (Fsp3) is 0.269. The number of fused-ring (bicyclic) bond motifs is 1. The topological polar surface area (TPSA) is 99.5 Å². The standard InChI is InChI=1S/C26H23ClF2N4O3/c1-26(2,36)22(14-5-8-16(28)9-6-14)30-24(34)18-12-33-21(20(18)13-3-4-13)25(35)31-23(32-33)17-10-7-15(27)11-19(17)29/h5-13,22,36H,3-4H2,1-2H3,(H,30,34)(H,31,32,35)/t22-/m0/s1. The minimum absolute atomic E-state index is 0.00294. The van der Waals surface area contributed by atoms with E-state index in [2.05, 4.69) is 15.4 Å². The number of carbonyl (C=O) groups is 1. The van der Waals surface area contributed by atoms with Crippen molar-refractivity contribution in [2.45, 2.75) is 44.2 Å². The molecule has 186 valence electrons. The average Bonchev–Trinajstić information content (AvgIpc) is 3.56. The minimum Gasteiger partial charge on any atom is -0.388 e. The highest BCUT2D eigenvalue weighted by molar-refractivity contribution is 6.30. The summed E-state index contributed by atoms with van der Waals surface area (Å²) in [6.07, 6.45) is 3.05. The van der Waals surface area contributed by atoms with Crippen LogP contribution in [0.1, 0.15) is 60.1 Å². The first-order chi connectivity index (χ1) is 17.0. The van der Waals surface area contributed by atoms with Gasteiger partial charge in [0.05, 0.1) is 22.8 Å². The second kappa shape index (κ2) is 8.83. The summed E-state index contributed by atoms with van der Waals surface area (Å²) < 4.78 is 29.2. The third kappa shape index (κ3) is 4.52. The quantitative estimate of drug-likeness (QED) is 0.347. The monoisotopic (exact) mass is 512 g/mol. The number of nitrogens with one attached hydrogen (secondary N) is 2. The average molecular weight is 513 g/mol. The summed E-state index contributed by atoms with van der Waals surface area (Å²) in [5.74, 6) is -1.61. The van der Waals surface area contributed by atoms with Crippen molar-refractivity contribution in [2.24, 2.45) is 0 Å². The molecule has 36 heavy (non-hydrogen) atoms. The van der Waals surface area contributed by atoms with Gasteiger partial charge >= 0.3 is 0 Å². The van der Waals surface area contributed by atoms with Crippen LogP contribution in [0.4, 0.5) is 8.78 Å². The first-order valence-corrected chi connectivity index (χ1v) is 11.8. The lowest BCUT2D eigenvalue weighted by Gasteiger charge is -2.30. The van der Waals surface area contributed by atoms with Gasteiger partial charge in [-0.3, -0.25) is 9.59 Å². The van der Waals surface area contributed by atoms with E-state index < -0.39 is 34.7 Å². The number of aromatic amines is 1. The fourth-order valence-corrected chi connectivity index (χ4v) is 4.57. The van der Waals surface area contributed by atoms with E-state index in [4.69, 9.17) is 11.6 Å². The Bertz CT molecular complexity index is 1540. The number of aromatic nitrogens is 3. The number of halogens is 3. The van der Waals surface area contributed by atoms with E-state index in [9.17, 15) is 23.5 Å². The van der Waals surface area contributed by atoms with E-state index in [1.165, 1.54) is 47.1 Å². The number of aliphatic hydroxyl groups is 1. The van der Waals surface area contributed by atoms with Gasteiger partial charge in [-0.25, -0.2) is 13.3 Å². The predicted molar refractivity (Wildman–Crippen MR) is 131 cm³/mol. The van der Waals surface area contributed by atoms with Crippen molar-refractivity contribution < 1.29 is 18.7 Å². The zero-order valence-electron chi connectivity index (χ0n) is 19.5. The molecule has 10 heteroatoms. The van der Waals surface area contributed by atoms with Gasteiger partial charge in [-0.1, -0.05) is 23.7 Å². The van der Waals surface area contributed by atoms with Crippen LogP contribution in [0.3, 0.4) is 0 Å². The van der Waals surface area contributed by atoms with E-state index in [0.717, 1.165) is 18.9 Å². The summed E-state index contributed by atoms with van der Waals surface area (Å²) in [6, 6.07) is 8.67. The second-order valence-electron chi connectivity index (χ2n) is 9.56. The number of hydrogen-bond donors (Lipinski definition) is 3. The maximum atomic E-state index is 14.5. The highest BCUT2D eigenvalue weighted by atomic mass is 35.5. The molecule has 3 N–H and O–H groups in total. The number of benzene rings is 2. The van der Waals surface area contributed by atoms with E-state index in [-0.39, 0.29) is 33.4 Å². The van der Waals surface area contributed by atoms with Crippen LogP contribution in [0, 0.1) is 11.6 Å². The molecule has 4 aromatic rings. The third-order valence-corrected chi connectivity index (χ3v) is 6.52. The summed E-state index contributed by atoms with van der Waals surface area (Å²) in [7, 11) is 0. The van der Waals surface area contributed by atoms with Crippen LogP contribution in [-0.2, 0) is 0 Å². The summed E-state index contributed by atoms with van der Waals surface area (Å²) in [4.78, 5) is 29.2. The molecule has 5 rings (SSSR count). The predicted octanol–water partition coefficient (Wildman–Crippen LogP) is 4.74. The molecular formula is C26H23ClF2N4O3. The minimum atomic E-state index is -1.37. The van der Waals surface area contributed by atoms with Crippen LogP contribution in [0.15, 0.2) is 53.5 Å². The van der Waals surface area contributed by atoms with Crippen molar-refractivity contribution in [2.75, 3.05) is 0 Å². The molecule has 1 saturated carbocycles. The van der Waals surface area contributed by atoms with E-state index >= 15 is 0 Å². The fourth-order valence-electron chi connectivity index (χ4n) is 4.41. The molecule has 1 aliphatic carbocycles. The normalized spacial score (nSPS) is 14.7. The van der Waals surface area contributed by atoms with Gasteiger partial charge in [0.25, 0.3) is 11.5 Å². The lowest BCUT2D eigenvalue weighted by atomic mass is 9.91. The van der Waals surface area contributed by atoms with E-state index in [1.54, 1.807) is 13.8 Å². The maximum Gasteiger partial charge on any atom is 0.275 e. The van der Waals surface area contributed by atoms with Crippen molar-refractivity contribution >= 4 is 23.0 Å². The maximum absolute atomic E-state index is 14.5. The zero-order chi connectivity index (χ0) is 25.8. The molecule has 2 aromatic heterocycles. The number of H-pyrrole nitrogens is 1. The van der Waals surface area contributed by atoms with Gasteiger partial charge in [-0.15, -0.1) is 5.10 Å².